The number of piperidine rings is 1. The molecule has 156 valence electrons. The topological polar surface area (TPSA) is 75.7 Å². The first-order valence-corrected chi connectivity index (χ1v) is 10.9. The molecule has 6 nitrogen and oxygen atoms in total. The molecule has 0 spiro atoms. The van der Waals surface area contributed by atoms with Crippen molar-refractivity contribution in [2.75, 3.05) is 20.2 Å². The highest BCUT2D eigenvalue weighted by Gasteiger charge is 2.29. The van der Waals surface area contributed by atoms with Crippen LogP contribution in [0.2, 0.25) is 0 Å². The molecule has 0 atom stereocenters. The second kappa shape index (κ2) is 8.51. The highest BCUT2D eigenvalue weighted by molar-refractivity contribution is 7.89. The van der Waals surface area contributed by atoms with Crippen molar-refractivity contribution in [3.8, 4) is 5.75 Å². The van der Waals surface area contributed by atoms with Gasteiger partial charge in [0.15, 0.2) is 0 Å². The minimum Gasteiger partial charge on any atom is -0.495 e. The van der Waals surface area contributed by atoms with E-state index in [0.717, 1.165) is 11.1 Å². The number of sulfonamides is 1. The number of carbonyl (C=O) groups is 1. The standard InChI is InChI=1S/C21H25FN2O4S/c1-14-12-19(28-3)20(13-15(14)2)29(26,27)23-16-8-10-24(11-9-16)21(25)17-6-4-5-7-18(17)22/h4-7,12-13,16,23H,8-11H2,1-3H3. The number of nitrogens with one attached hydrogen (secondary N) is 1. The molecule has 0 unspecified atom stereocenters. The summed E-state index contributed by atoms with van der Waals surface area (Å²) in [6.07, 6.45) is 0.902. The van der Waals surface area contributed by atoms with E-state index in [1.54, 1.807) is 23.1 Å². The number of rotatable bonds is 5. The number of aryl methyl sites for hydroxylation is 2. The lowest BCUT2D eigenvalue weighted by Crippen LogP contribution is -2.46. The SMILES string of the molecule is COc1cc(C)c(C)cc1S(=O)(=O)NC1CCN(C(=O)c2ccccc2F)CC1. The molecule has 1 amide bonds. The van der Waals surface area contributed by atoms with Crippen molar-refractivity contribution in [2.45, 2.75) is 37.6 Å². The molecular formula is C21H25FN2O4S. The van der Waals surface area contributed by atoms with Crippen LogP contribution < -0.4 is 9.46 Å². The lowest BCUT2D eigenvalue weighted by Gasteiger charge is -2.32. The fourth-order valence-corrected chi connectivity index (χ4v) is 4.96. The van der Waals surface area contributed by atoms with E-state index in [9.17, 15) is 17.6 Å². The number of carbonyl (C=O) groups excluding carboxylic acids is 1. The average molecular weight is 421 g/mol. The Morgan fingerprint density at radius 2 is 1.76 bits per heavy atom. The minimum atomic E-state index is -3.78. The van der Waals surface area contributed by atoms with E-state index >= 15 is 0 Å². The Labute approximate surface area is 170 Å². The summed E-state index contributed by atoms with van der Waals surface area (Å²) in [5.41, 5.74) is 1.84. The third-order valence-corrected chi connectivity index (χ3v) is 6.82. The third kappa shape index (κ3) is 4.59. The minimum absolute atomic E-state index is 0.0337. The number of halogens is 1. The van der Waals surface area contributed by atoms with E-state index in [2.05, 4.69) is 4.72 Å². The summed E-state index contributed by atoms with van der Waals surface area (Å²) >= 11 is 0. The van der Waals surface area contributed by atoms with Crippen molar-refractivity contribution < 1.29 is 22.3 Å². The monoisotopic (exact) mass is 420 g/mol. The second-order valence-corrected chi connectivity index (χ2v) is 8.94. The van der Waals surface area contributed by atoms with Crippen molar-refractivity contribution >= 4 is 15.9 Å². The molecule has 0 bridgehead atoms. The molecule has 1 saturated heterocycles. The normalized spacial score (nSPS) is 15.4. The number of amides is 1. The van der Waals surface area contributed by atoms with Gasteiger partial charge in [0.2, 0.25) is 10.0 Å². The van der Waals surface area contributed by atoms with Gasteiger partial charge in [-0.3, -0.25) is 4.79 Å². The van der Waals surface area contributed by atoms with E-state index in [1.165, 1.54) is 25.3 Å². The van der Waals surface area contributed by atoms with Gasteiger partial charge in [-0.2, -0.15) is 0 Å². The summed E-state index contributed by atoms with van der Waals surface area (Å²) in [6.45, 7) is 4.44. The quantitative estimate of drug-likeness (QED) is 0.807. The maximum absolute atomic E-state index is 13.9. The van der Waals surface area contributed by atoms with E-state index in [1.807, 2.05) is 13.8 Å². The van der Waals surface area contributed by atoms with Gasteiger partial charge in [0.1, 0.15) is 16.5 Å². The molecule has 1 aliphatic heterocycles. The highest BCUT2D eigenvalue weighted by Crippen LogP contribution is 2.28. The predicted octanol–water partition coefficient (Wildman–Crippen LogP) is 3.03. The first-order valence-electron chi connectivity index (χ1n) is 9.44. The maximum atomic E-state index is 13.9. The molecule has 3 rings (SSSR count). The number of likely N-dealkylation sites (tertiary alicyclic amines) is 1. The predicted molar refractivity (Wildman–Crippen MR) is 108 cm³/mol. The van der Waals surface area contributed by atoms with Gasteiger partial charge in [-0.25, -0.2) is 17.5 Å². The molecule has 0 aromatic heterocycles. The molecule has 8 heteroatoms. The Hall–Kier alpha value is -2.45. The van der Waals surface area contributed by atoms with Crippen LogP contribution in [0.5, 0.6) is 5.75 Å². The lowest BCUT2D eigenvalue weighted by molar-refractivity contribution is 0.0706. The number of hydrogen-bond donors (Lipinski definition) is 1. The van der Waals surface area contributed by atoms with Crippen LogP contribution in [-0.2, 0) is 10.0 Å². The van der Waals surface area contributed by atoms with Crippen LogP contribution in [-0.4, -0.2) is 45.5 Å². The molecule has 1 fully saturated rings. The fraction of sp³-hybridized carbons (Fsp3) is 0.381. The number of hydrogen-bond acceptors (Lipinski definition) is 4. The zero-order valence-corrected chi connectivity index (χ0v) is 17.6. The molecule has 29 heavy (non-hydrogen) atoms. The third-order valence-electron chi connectivity index (χ3n) is 5.28. The number of benzene rings is 2. The van der Waals surface area contributed by atoms with Crippen molar-refractivity contribution in [3.63, 3.8) is 0 Å². The number of methoxy groups -OCH3 is 1. The van der Waals surface area contributed by atoms with E-state index < -0.39 is 15.8 Å². The Balaban J connectivity index is 1.68. The smallest absolute Gasteiger partial charge is 0.256 e. The Kier molecular flexibility index (Phi) is 6.24. The summed E-state index contributed by atoms with van der Waals surface area (Å²) in [6, 6.07) is 8.87. The average Bonchev–Trinajstić information content (AvgIpc) is 2.69. The summed E-state index contributed by atoms with van der Waals surface area (Å²) < 4.78 is 47.7. The van der Waals surface area contributed by atoms with Gasteiger partial charge in [-0.1, -0.05) is 12.1 Å². The molecule has 2 aromatic rings. The van der Waals surface area contributed by atoms with Gasteiger partial charge in [0.05, 0.1) is 12.7 Å². The van der Waals surface area contributed by atoms with Crippen LogP contribution in [0, 0.1) is 19.7 Å². The van der Waals surface area contributed by atoms with Crippen molar-refractivity contribution in [1.29, 1.82) is 0 Å². The van der Waals surface area contributed by atoms with E-state index in [0.29, 0.717) is 31.7 Å². The van der Waals surface area contributed by atoms with E-state index in [-0.39, 0.29) is 22.4 Å². The van der Waals surface area contributed by atoms with Gasteiger partial charge in [0, 0.05) is 19.1 Å². The Bertz CT molecular complexity index is 1020. The summed E-state index contributed by atoms with van der Waals surface area (Å²) in [7, 11) is -2.34. The van der Waals surface area contributed by atoms with Crippen LogP contribution >= 0.6 is 0 Å². The van der Waals surface area contributed by atoms with Crippen molar-refractivity contribution in [3.05, 3.63) is 58.9 Å². The van der Waals surface area contributed by atoms with Gasteiger partial charge < -0.3 is 9.64 Å². The molecule has 2 aromatic carbocycles. The van der Waals surface area contributed by atoms with Crippen LogP contribution in [0.25, 0.3) is 0 Å². The molecule has 1 aliphatic rings. The Morgan fingerprint density at radius 1 is 1.14 bits per heavy atom. The fourth-order valence-electron chi connectivity index (χ4n) is 3.42. The number of nitrogens with zero attached hydrogens (tertiary/aromatic N) is 1. The van der Waals surface area contributed by atoms with Crippen LogP contribution in [0.3, 0.4) is 0 Å². The molecule has 0 saturated carbocycles. The molecule has 0 aliphatic carbocycles. The van der Waals surface area contributed by atoms with Gasteiger partial charge in [-0.15, -0.1) is 0 Å². The van der Waals surface area contributed by atoms with Gasteiger partial charge in [0.25, 0.3) is 5.91 Å². The second-order valence-electron chi connectivity index (χ2n) is 7.25. The lowest BCUT2D eigenvalue weighted by atomic mass is 10.0. The highest BCUT2D eigenvalue weighted by atomic mass is 32.2. The first-order chi connectivity index (χ1) is 13.7. The van der Waals surface area contributed by atoms with Crippen LogP contribution in [0.15, 0.2) is 41.3 Å². The number of ether oxygens (including phenoxy) is 1. The van der Waals surface area contributed by atoms with Crippen molar-refractivity contribution in [2.24, 2.45) is 0 Å². The molecular weight excluding hydrogens is 395 g/mol. The Morgan fingerprint density at radius 3 is 2.38 bits per heavy atom. The zero-order valence-electron chi connectivity index (χ0n) is 16.7. The van der Waals surface area contributed by atoms with E-state index in [4.69, 9.17) is 4.74 Å². The first kappa shape index (κ1) is 21.3. The molecule has 0 radical (unpaired) electrons. The molecule has 1 N–H and O–H groups in total. The maximum Gasteiger partial charge on any atom is 0.256 e. The summed E-state index contributed by atoms with van der Waals surface area (Å²) in [4.78, 5) is 14.2. The van der Waals surface area contributed by atoms with Crippen LogP contribution in [0.4, 0.5) is 4.39 Å². The zero-order chi connectivity index (χ0) is 21.2. The molecule has 1 heterocycles. The largest absolute Gasteiger partial charge is 0.495 e. The van der Waals surface area contributed by atoms with Crippen LogP contribution in [0.1, 0.15) is 34.3 Å². The van der Waals surface area contributed by atoms with Crippen molar-refractivity contribution in [1.82, 2.24) is 9.62 Å². The summed E-state index contributed by atoms with van der Waals surface area (Å²) in [5, 5.41) is 0. The van der Waals surface area contributed by atoms with Gasteiger partial charge >= 0.3 is 0 Å². The van der Waals surface area contributed by atoms with Gasteiger partial charge in [-0.05, 0) is 62.1 Å². The summed E-state index contributed by atoms with van der Waals surface area (Å²) in [5.74, 6) is -0.629.